The predicted molar refractivity (Wildman–Crippen MR) is 98.6 cm³/mol. The zero-order chi connectivity index (χ0) is 19.4. The van der Waals surface area contributed by atoms with Crippen molar-refractivity contribution in [1.82, 2.24) is 19.8 Å². The Bertz CT molecular complexity index is 987. The third-order valence-electron chi connectivity index (χ3n) is 4.00. The number of para-hydroxylation sites is 1. The van der Waals surface area contributed by atoms with Gasteiger partial charge in [0.2, 0.25) is 0 Å². The molecular weight excluding hydrogens is 374 g/mol. The van der Waals surface area contributed by atoms with Gasteiger partial charge < -0.3 is 4.74 Å². The second-order valence-corrected chi connectivity index (χ2v) is 6.71. The molecule has 27 heavy (non-hydrogen) atoms. The van der Waals surface area contributed by atoms with Gasteiger partial charge in [-0.2, -0.15) is 18.1 Å². The van der Waals surface area contributed by atoms with Crippen molar-refractivity contribution in [1.29, 1.82) is 0 Å². The first-order valence-electron chi connectivity index (χ1n) is 8.28. The molecule has 0 aliphatic rings. The van der Waals surface area contributed by atoms with Gasteiger partial charge in [-0.15, -0.1) is 0 Å². The zero-order valence-corrected chi connectivity index (χ0v) is 15.6. The highest BCUT2D eigenvalue weighted by atomic mass is 32.2. The zero-order valence-electron chi connectivity index (χ0n) is 14.8. The summed E-state index contributed by atoms with van der Waals surface area (Å²) >= 11 is 0.408. The summed E-state index contributed by atoms with van der Waals surface area (Å²) in [6, 6.07) is 12.4. The van der Waals surface area contributed by atoms with Crippen LogP contribution < -0.4 is 10.4 Å². The first kappa shape index (κ1) is 19.1. The van der Waals surface area contributed by atoms with Crippen LogP contribution in [0.2, 0.25) is 0 Å². The first-order valence-corrected chi connectivity index (χ1v) is 9.16. The van der Waals surface area contributed by atoms with E-state index in [0.29, 0.717) is 33.7 Å². The number of tetrazole rings is 1. The van der Waals surface area contributed by atoms with Crippen LogP contribution >= 0.6 is 11.8 Å². The van der Waals surface area contributed by atoms with E-state index in [9.17, 15) is 13.6 Å². The number of thioether (sulfide) groups is 1. The second-order valence-electron chi connectivity index (χ2n) is 5.68. The standard InChI is InChI=1S/C18H18F2N4O2S/c1-3-12-7-4-5-9-15(12)26-11-13-14(24-18(25)23(2)21-22-24)8-6-10-16(13)27-17(19)20/h4-10,17H,3,11H2,1-2H3. The van der Waals surface area contributed by atoms with Gasteiger partial charge in [-0.3, -0.25) is 0 Å². The average Bonchev–Trinajstić information content (AvgIpc) is 2.99. The van der Waals surface area contributed by atoms with Gasteiger partial charge in [0.1, 0.15) is 12.4 Å². The summed E-state index contributed by atoms with van der Waals surface area (Å²) in [7, 11) is 1.47. The van der Waals surface area contributed by atoms with E-state index < -0.39 is 11.4 Å². The van der Waals surface area contributed by atoms with E-state index in [1.807, 2.05) is 31.2 Å². The molecule has 0 amide bonds. The molecule has 142 valence electrons. The Balaban J connectivity index is 2.02. The summed E-state index contributed by atoms with van der Waals surface area (Å²) in [5.74, 6) is -1.92. The molecule has 0 N–H and O–H groups in total. The van der Waals surface area contributed by atoms with Crippen molar-refractivity contribution in [2.45, 2.75) is 30.6 Å². The maximum absolute atomic E-state index is 13.0. The summed E-state index contributed by atoms with van der Waals surface area (Å²) < 4.78 is 34.1. The number of halogens is 2. The molecule has 0 aliphatic carbocycles. The summed E-state index contributed by atoms with van der Waals surface area (Å²) in [4.78, 5) is 12.6. The molecule has 0 atom stereocenters. The van der Waals surface area contributed by atoms with E-state index in [0.717, 1.165) is 21.3 Å². The SMILES string of the molecule is CCc1ccccc1OCc1c(SC(F)F)cccc1-n1nnn(C)c1=O. The second kappa shape index (κ2) is 8.34. The van der Waals surface area contributed by atoms with Crippen molar-refractivity contribution in [3.63, 3.8) is 0 Å². The number of benzene rings is 2. The highest BCUT2D eigenvalue weighted by Gasteiger charge is 2.18. The molecule has 0 saturated carbocycles. The van der Waals surface area contributed by atoms with Crippen molar-refractivity contribution in [3.8, 4) is 11.4 Å². The summed E-state index contributed by atoms with van der Waals surface area (Å²) in [5, 5.41) is 7.51. The topological polar surface area (TPSA) is 61.9 Å². The average molecular weight is 392 g/mol. The fraction of sp³-hybridized carbons (Fsp3) is 0.278. The Labute approximate surface area is 158 Å². The van der Waals surface area contributed by atoms with Gasteiger partial charge in [0.05, 0.1) is 5.69 Å². The third kappa shape index (κ3) is 4.19. The normalized spacial score (nSPS) is 11.1. The Morgan fingerprint density at radius 3 is 2.59 bits per heavy atom. The van der Waals surface area contributed by atoms with Crippen LogP contribution in [0.25, 0.3) is 5.69 Å². The molecule has 3 aromatic rings. The van der Waals surface area contributed by atoms with Gasteiger partial charge in [0.25, 0.3) is 5.76 Å². The molecule has 1 heterocycles. The van der Waals surface area contributed by atoms with Crippen LogP contribution in [0, 0.1) is 0 Å². The monoisotopic (exact) mass is 392 g/mol. The number of aromatic nitrogens is 4. The summed E-state index contributed by atoms with van der Waals surface area (Å²) in [6.07, 6.45) is 0.778. The highest BCUT2D eigenvalue weighted by Crippen LogP contribution is 2.32. The van der Waals surface area contributed by atoms with Crippen LogP contribution in [-0.2, 0) is 20.1 Å². The van der Waals surface area contributed by atoms with Gasteiger partial charge in [0, 0.05) is 17.5 Å². The Morgan fingerprint density at radius 2 is 1.93 bits per heavy atom. The van der Waals surface area contributed by atoms with Crippen molar-refractivity contribution in [3.05, 3.63) is 64.1 Å². The summed E-state index contributed by atoms with van der Waals surface area (Å²) in [6.45, 7) is 2.03. The lowest BCUT2D eigenvalue weighted by molar-refractivity contribution is 0.251. The number of hydrogen-bond donors (Lipinski definition) is 0. The molecule has 0 spiro atoms. The van der Waals surface area contributed by atoms with Crippen molar-refractivity contribution < 1.29 is 13.5 Å². The Kier molecular flexibility index (Phi) is 5.90. The summed E-state index contributed by atoms with van der Waals surface area (Å²) in [5.41, 5.74) is 1.36. The molecule has 0 fully saturated rings. The quantitative estimate of drug-likeness (QED) is 0.577. The van der Waals surface area contributed by atoms with Crippen molar-refractivity contribution in [2.75, 3.05) is 0 Å². The van der Waals surface area contributed by atoms with Gasteiger partial charge in [-0.25, -0.2) is 4.79 Å². The molecule has 6 nitrogen and oxygen atoms in total. The third-order valence-corrected chi connectivity index (χ3v) is 4.81. The van der Waals surface area contributed by atoms with Crippen LogP contribution in [0.3, 0.4) is 0 Å². The predicted octanol–water partition coefficient (Wildman–Crippen LogP) is 3.42. The van der Waals surface area contributed by atoms with Gasteiger partial charge in [-0.1, -0.05) is 43.0 Å². The lowest BCUT2D eigenvalue weighted by Gasteiger charge is -2.16. The molecule has 3 rings (SSSR count). The van der Waals surface area contributed by atoms with E-state index in [1.54, 1.807) is 18.2 Å². The van der Waals surface area contributed by atoms with Gasteiger partial charge in [0.15, 0.2) is 0 Å². The number of ether oxygens (including phenoxy) is 1. The van der Waals surface area contributed by atoms with E-state index in [-0.39, 0.29) is 6.61 Å². The molecule has 0 unspecified atom stereocenters. The molecule has 9 heteroatoms. The van der Waals surface area contributed by atoms with E-state index >= 15 is 0 Å². The largest absolute Gasteiger partial charge is 0.489 e. The van der Waals surface area contributed by atoms with Crippen LogP contribution in [0.1, 0.15) is 18.1 Å². The molecule has 0 bridgehead atoms. The molecule has 0 saturated heterocycles. The molecule has 0 aliphatic heterocycles. The lowest BCUT2D eigenvalue weighted by Crippen LogP contribution is -2.23. The highest BCUT2D eigenvalue weighted by molar-refractivity contribution is 7.99. The van der Waals surface area contributed by atoms with E-state index in [2.05, 4.69) is 10.4 Å². The minimum absolute atomic E-state index is 0.0191. The minimum Gasteiger partial charge on any atom is -0.489 e. The van der Waals surface area contributed by atoms with E-state index in [1.165, 1.54) is 7.05 Å². The van der Waals surface area contributed by atoms with Crippen LogP contribution in [0.5, 0.6) is 5.75 Å². The van der Waals surface area contributed by atoms with Crippen LogP contribution in [0.4, 0.5) is 8.78 Å². The molecule has 2 aromatic carbocycles. The van der Waals surface area contributed by atoms with Crippen LogP contribution in [0.15, 0.2) is 52.2 Å². The minimum atomic E-state index is -2.60. The number of hydrogen-bond acceptors (Lipinski definition) is 5. The van der Waals surface area contributed by atoms with E-state index in [4.69, 9.17) is 4.74 Å². The maximum Gasteiger partial charge on any atom is 0.368 e. The number of alkyl halides is 2. The fourth-order valence-electron chi connectivity index (χ4n) is 2.66. The fourth-order valence-corrected chi connectivity index (χ4v) is 3.31. The number of aryl methyl sites for hydroxylation is 2. The van der Waals surface area contributed by atoms with Crippen molar-refractivity contribution in [2.24, 2.45) is 7.05 Å². The number of nitrogens with zero attached hydrogens (tertiary/aromatic N) is 4. The number of rotatable bonds is 7. The maximum atomic E-state index is 13.0. The first-order chi connectivity index (χ1) is 13.0. The Morgan fingerprint density at radius 1 is 1.15 bits per heavy atom. The van der Waals surface area contributed by atoms with Gasteiger partial charge >= 0.3 is 5.69 Å². The van der Waals surface area contributed by atoms with Crippen molar-refractivity contribution >= 4 is 11.8 Å². The Hall–Kier alpha value is -2.68. The molecule has 1 aromatic heterocycles. The smallest absolute Gasteiger partial charge is 0.368 e. The van der Waals surface area contributed by atoms with Crippen LogP contribution in [-0.4, -0.2) is 25.5 Å². The van der Waals surface area contributed by atoms with Gasteiger partial charge in [-0.05, 0) is 40.6 Å². The molecule has 0 radical (unpaired) electrons. The molecular formula is C18H18F2N4O2S. The lowest BCUT2D eigenvalue weighted by atomic mass is 10.1.